The molecule has 18 rings (SSSR count). The number of anilines is 8. The first-order chi connectivity index (χ1) is 50.4. The molecule has 0 fully saturated rings. The van der Waals surface area contributed by atoms with Gasteiger partial charge in [0.05, 0.1) is 11.0 Å². The largest absolute Gasteiger partial charge is 0.338 e. The molecule has 0 aliphatic carbocycles. The van der Waals surface area contributed by atoms with Crippen LogP contribution >= 0.6 is 0 Å². The molecule has 0 saturated carbocycles. The lowest BCUT2D eigenvalue weighted by atomic mass is 9.33. The van der Waals surface area contributed by atoms with E-state index in [1.165, 1.54) is 133 Å². The van der Waals surface area contributed by atoms with Crippen molar-refractivity contribution in [2.75, 3.05) is 14.7 Å². The second kappa shape index (κ2) is 25.0. The summed E-state index contributed by atoms with van der Waals surface area (Å²) in [7, 11) is 0. The third-order valence-corrected chi connectivity index (χ3v) is 22.0. The van der Waals surface area contributed by atoms with E-state index in [9.17, 15) is 0 Å². The van der Waals surface area contributed by atoms with Crippen molar-refractivity contribution in [3.63, 3.8) is 0 Å². The van der Waals surface area contributed by atoms with Gasteiger partial charge in [-0.1, -0.05) is 250 Å². The van der Waals surface area contributed by atoms with Crippen LogP contribution in [0.2, 0.25) is 0 Å². The molecule has 0 amide bonds. The van der Waals surface area contributed by atoms with Crippen molar-refractivity contribution in [1.29, 1.82) is 0 Å². The molecule has 0 N–H and O–H groups in total. The molecule has 4 heterocycles. The van der Waals surface area contributed by atoms with Gasteiger partial charge in [0, 0.05) is 96.9 Å². The summed E-state index contributed by atoms with van der Waals surface area (Å²) in [5.74, 6) is 0. The van der Waals surface area contributed by atoms with Crippen LogP contribution in [0.5, 0.6) is 0 Å². The summed E-state index contributed by atoms with van der Waals surface area (Å²) in [6.07, 6.45) is 0. The SMILES string of the molecule is CC(C)(C)c1cc2c3c(c1)N(c1cccc(-c4ccccc4)c1)c1cc(N(c4ccccc4)c4ccc(-n5c6ccccc6c6ccccc65)cc4)ccc1B3c1ccc(Cn3c4ccc(C(C)(C)C)cc4c4cc(C(C)(C)C)ccc43)cc1N2Cc1cc(-c2ccccc2)cc(-c2ccccc2)c1. The monoisotopic (exact) mass is 1340 g/mol. The minimum Gasteiger partial charge on any atom is -0.338 e. The molecule has 504 valence electrons. The van der Waals surface area contributed by atoms with Gasteiger partial charge in [0.1, 0.15) is 0 Å². The third-order valence-electron chi connectivity index (χ3n) is 22.0. The van der Waals surface area contributed by atoms with E-state index in [0.717, 1.165) is 39.7 Å². The van der Waals surface area contributed by atoms with E-state index in [-0.39, 0.29) is 23.0 Å². The molecule has 2 aromatic heterocycles. The van der Waals surface area contributed by atoms with Gasteiger partial charge >= 0.3 is 0 Å². The number of fused-ring (bicyclic) bond motifs is 10. The molecule has 2 aliphatic heterocycles. The van der Waals surface area contributed by atoms with Gasteiger partial charge in [-0.05, 0) is 227 Å². The Balaban J connectivity index is 0.871. The van der Waals surface area contributed by atoms with Crippen LogP contribution in [0.1, 0.15) is 90.1 Å². The van der Waals surface area contributed by atoms with Gasteiger partial charge in [-0.2, -0.15) is 0 Å². The lowest BCUT2D eigenvalue weighted by molar-refractivity contribution is 0.590. The minimum absolute atomic E-state index is 0.0101. The van der Waals surface area contributed by atoms with Gasteiger partial charge < -0.3 is 23.8 Å². The first-order valence-corrected chi connectivity index (χ1v) is 36.9. The Morgan fingerprint density at radius 3 is 1.36 bits per heavy atom. The number of benzene rings is 14. The van der Waals surface area contributed by atoms with Crippen LogP contribution in [0, 0.1) is 0 Å². The highest BCUT2D eigenvalue weighted by Gasteiger charge is 2.44. The standard InChI is InChI=1S/C98H84BN5/c1-96(2,3)73-42-51-87-83(58-73)84-59-74(97(4,5)6)43-52-88(84)100(87)63-65-41-49-85-91(55-65)101(64-66-53-71(68-29-16-11-17-30-68)56-72(54-66)69-31-18-12-19-32-69)93-60-75(98(7,8)9)61-94-95(93)99(85)86-50-48-80(62-92(86)104(94)79-36-26-33-70(57-79)67-27-14-10-15-28-67)102(76-34-20-13-21-35-76)77-44-46-78(47-45-77)103-89-39-24-22-37-81(89)82-38-23-25-40-90(82)103/h10-62H,63-64H2,1-9H3. The molecule has 2 aliphatic rings. The van der Waals surface area contributed by atoms with Crippen molar-refractivity contribution >= 4 is 112 Å². The number of nitrogens with zero attached hydrogens (tertiary/aromatic N) is 5. The number of hydrogen-bond donors (Lipinski definition) is 0. The highest BCUT2D eigenvalue weighted by Crippen LogP contribution is 2.49. The molecule has 0 bridgehead atoms. The molecule has 0 saturated heterocycles. The predicted octanol–water partition coefficient (Wildman–Crippen LogP) is 24.3. The van der Waals surface area contributed by atoms with Crippen molar-refractivity contribution in [3.8, 4) is 39.1 Å². The molecule has 14 aromatic carbocycles. The Morgan fingerprint density at radius 1 is 0.288 bits per heavy atom. The third kappa shape index (κ3) is 11.3. The summed E-state index contributed by atoms with van der Waals surface area (Å²) >= 11 is 0. The summed E-state index contributed by atoms with van der Waals surface area (Å²) in [6, 6.07) is 121. The average Bonchev–Trinajstić information content (AvgIpc) is 0.773. The molecule has 0 spiro atoms. The summed E-state index contributed by atoms with van der Waals surface area (Å²) in [5.41, 5.74) is 32.2. The Labute approximate surface area is 612 Å². The van der Waals surface area contributed by atoms with Crippen LogP contribution in [0.4, 0.5) is 45.5 Å². The van der Waals surface area contributed by atoms with Gasteiger partial charge in [-0.3, -0.25) is 0 Å². The van der Waals surface area contributed by atoms with Crippen LogP contribution in [-0.4, -0.2) is 15.8 Å². The average molecular weight is 1340 g/mol. The maximum Gasteiger partial charge on any atom is 0.252 e. The zero-order valence-corrected chi connectivity index (χ0v) is 60.8. The normalized spacial score (nSPS) is 12.9. The Morgan fingerprint density at radius 2 is 0.779 bits per heavy atom. The smallest absolute Gasteiger partial charge is 0.252 e. The summed E-state index contributed by atoms with van der Waals surface area (Å²) in [5, 5.41) is 5.11. The van der Waals surface area contributed by atoms with Crippen LogP contribution in [-0.2, 0) is 29.3 Å². The number of para-hydroxylation sites is 3. The summed E-state index contributed by atoms with van der Waals surface area (Å²) in [6.45, 7) is 22.3. The van der Waals surface area contributed by atoms with Gasteiger partial charge in [0.15, 0.2) is 0 Å². The van der Waals surface area contributed by atoms with E-state index in [4.69, 9.17) is 0 Å². The fraction of sp³-hybridized carbons (Fsp3) is 0.143. The lowest BCUT2D eigenvalue weighted by Crippen LogP contribution is -2.62. The van der Waals surface area contributed by atoms with Crippen LogP contribution < -0.4 is 31.1 Å². The zero-order chi connectivity index (χ0) is 70.8. The van der Waals surface area contributed by atoms with Gasteiger partial charge in [-0.15, -0.1) is 0 Å². The van der Waals surface area contributed by atoms with E-state index >= 15 is 0 Å². The molecular weight excluding hydrogens is 1260 g/mol. The van der Waals surface area contributed by atoms with Gasteiger partial charge in [0.25, 0.3) is 6.71 Å². The predicted molar refractivity (Wildman–Crippen MR) is 444 cm³/mol. The maximum atomic E-state index is 2.71. The highest BCUT2D eigenvalue weighted by molar-refractivity contribution is 7.00. The molecule has 0 atom stereocenters. The Bertz CT molecular complexity index is 5810. The van der Waals surface area contributed by atoms with Crippen molar-refractivity contribution in [2.24, 2.45) is 0 Å². The van der Waals surface area contributed by atoms with Crippen molar-refractivity contribution in [2.45, 2.75) is 91.6 Å². The van der Waals surface area contributed by atoms with Crippen LogP contribution in [0.25, 0.3) is 82.7 Å². The highest BCUT2D eigenvalue weighted by atomic mass is 15.2. The number of aromatic nitrogens is 2. The van der Waals surface area contributed by atoms with Gasteiger partial charge in [-0.25, -0.2) is 0 Å². The van der Waals surface area contributed by atoms with E-state index in [2.05, 4.69) is 408 Å². The van der Waals surface area contributed by atoms with E-state index in [1.807, 2.05) is 0 Å². The molecule has 6 heteroatoms. The van der Waals surface area contributed by atoms with E-state index in [1.54, 1.807) is 0 Å². The lowest BCUT2D eigenvalue weighted by Gasteiger charge is -2.45. The molecule has 0 unspecified atom stereocenters. The van der Waals surface area contributed by atoms with E-state index < -0.39 is 0 Å². The first-order valence-electron chi connectivity index (χ1n) is 36.9. The molecular formula is C98H84BN5. The number of hydrogen-bond acceptors (Lipinski definition) is 3. The molecule has 5 nitrogen and oxygen atoms in total. The van der Waals surface area contributed by atoms with Crippen LogP contribution in [0.3, 0.4) is 0 Å². The fourth-order valence-corrected chi connectivity index (χ4v) is 16.6. The fourth-order valence-electron chi connectivity index (χ4n) is 16.6. The second-order valence-electron chi connectivity index (χ2n) is 31.8. The van der Waals surface area contributed by atoms with E-state index in [0.29, 0.717) is 13.1 Å². The quantitative estimate of drug-likeness (QED) is 0.114. The number of rotatable bonds is 12. The molecule has 104 heavy (non-hydrogen) atoms. The minimum atomic E-state index is -0.242. The molecule has 16 aromatic rings. The zero-order valence-electron chi connectivity index (χ0n) is 60.8. The second-order valence-corrected chi connectivity index (χ2v) is 31.8. The summed E-state index contributed by atoms with van der Waals surface area (Å²) < 4.78 is 5.00. The summed E-state index contributed by atoms with van der Waals surface area (Å²) in [4.78, 5) is 7.76. The topological polar surface area (TPSA) is 19.6 Å². The molecule has 0 radical (unpaired) electrons. The Kier molecular flexibility index (Phi) is 15.4. The maximum absolute atomic E-state index is 2.71. The van der Waals surface area contributed by atoms with Crippen LogP contribution in [0.15, 0.2) is 322 Å². The van der Waals surface area contributed by atoms with Crippen molar-refractivity contribution < 1.29 is 0 Å². The van der Waals surface area contributed by atoms with Crippen molar-refractivity contribution in [1.82, 2.24) is 9.13 Å². The van der Waals surface area contributed by atoms with Gasteiger partial charge in [0.2, 0.25) is 0 Å². The Hall–Kier alpha value is -11.9. The van der Waals surface area contributed by atoms with Crippen molar-refractivity contribution in [3.05, 3.63) is 349 Å². The first kappa shape index (κ1) is 64.3.